The Hall–Kier alpha value is -1.92. The van der Waals surface area contributed by atoms with Crippen LogP contribution in [0.1, 0.15) is 37.2 Å². The van der Waals surface area contributed by atoms with Gasteiger partial charge in [0, 0.05) is 38.0 Å². The van der Waals surface area contributed by atoms with Crippen molar-refractivity contribution in [3.05, 3.63) is 29.8 Å². The summed E-state index contributed by atoms with van der Waals surface area (Å²) in [5, 5.41) is 2.42. The van der Waals surface area contributed by atoms with Gasteiger partial charge in [-0.05, 0) is 24.1 Å². The zero-order valence-corrected chi connectivity index (χ0v) is 13.6. The molecule has 1 N–H and O–H groups in total. The van der Waals surface area contributed by atoms with Gasteiger partial charge in [0.1, 0.15) is 0 Å². The smallest absolute Gasteiger partial charge is 0.234 e. The van der Waals surface area contributed by atoms with Crippen molar-refractivity contribution in [1.29, 1.82) is 0 Å². The highest BCUT2D eigenvalue weighted by Crippen LogP contribution is 2.34. The van der Waals surface area contributed by atoms with Crippen molar-refractivity contribution >= 4 is 17.5 Å². The molecule has 0 aliphatic carbocycles. The molecule has 3 saturated heterocycles. The quantitative estimate of drug-likeness (QED) is 0.834. The number of hydrogen-bond acceptors (Lipinski definition) is 5. The molecule has 4 rings (SSSR count). The van der Waals surface area contributed by atoms with E-state index < -0.39 is 0 Å². The van der Waals surface area contributed by atoms with E-state index in [4.69, 9.17) is 9.47 Å². The Labute approximate surface area is 141 Å². The number of nitrogens with one attached hydrogen (secondary N) is 1. The Morgan fingerprint density at radius 3 is 2.33 bits per heavy atom. The molecule has 3 aliphatic rings. The second kappa shape index (κ2) is 6.18. The number of benzene rings is 1. The molecule has 1 spiro atoms. The molecule has 6 nitrogen and oxygen atoms in total. The number of amides is 2. The number of carbonyl (C=O) groups excluding carboxylic acids is 2. The molecule has 1 aromatic rings. The van der Waals surface area contributed by atoms with Gasteiger partial charge in [-0.15, -0.1) is 0 Å². The first-order valence-corrected chi connectivity index (χ1v) is 8.62. The van der Waals surface area contributed by atoms with Crippen LogP contribution in [0.25, 0.3) is 0 Å². The van der Waals surface area contributed by atoms with E-state index >= 15 is 0 Å². The van der Waals surface area contributed by atoms with Crippen LogP contribution in [0.15, 0.2) is 24.3 Å². The molecule has 1 aromatic carbocycles. The van der Waals surface area contributed by atoms with Crippen molar-refractivity contribution in [2.75, 3.05) is 31.2 Å². The average molecular weight is 330 g/mol. The summed E-state index contributed by atoms with van der Waals surface area (Å²) in [5.41, 5.74) is 2.12. The van der Waals surface area contributed by atoms with Crippen LogP contribution in [-0.4, -0.2) is 43.9 Å². The van der Waals surface area contributed by atoms with Crippen LogP contribution in [0.3, 0.4) is 0 Å². The maximum Gasteiger partial charge on any atom is 0.234 e. The van der Waals surface area contributed by atoms with E-state index in [1.54, 1.807) is 0 Å². The second-order valence-electron chi connectivity index (χ2n) is 6.69. The Bertz CT molecular complexity index is 627. The predicted octanol–water partition coefficient (Wildman–Crippen LogP) is 1.55. The zero-order valence-electron chi connectivity index (χ0n) is 13.6. The van der Waals surface area contributed by atoms with Crippen LogP contribution < -0.4 is 10.2 Å². The second-order valence-corrected chi connectivity index (χ2v) is 6.69. The lowest BCUT2D eigenvalue weighted by atomic mass is 9.90. The van der Waals surface area contributed by atoms with Gasteiger partial charge < -0.3 is 14.4 Å². The lowest BCUT2D eigenvalue weighted by molar-refractivity contribution is -0.169. The summed E-state index contributed by atoms with van der Waals surface area (Å²) in [7, 11) is 0. The van der Waals surface area contributed by atoms with Crippen LogP contribution in [-0.2, 0) is 19.1 Å². The lowest BCUT2D eigenvalue weighted by Crippen LogP contribution is -2.45. The van der Waals surface area contributed by atoms with Crippen molar-refractivity contribution in [2.45, 2.75) is 37.4 Å². The zero-order chi connectivity index (χ0) is 16.6. The fraction of sp³-hybridized carbons (Fsp3) is 0.556. The summed E-state index contributed by atoms with van der Waals surface area (Å²) in [6.07, 6.45) is 2.75. The molecular formula is C18H22N2O4. The average Bonchev–Trinajstić information content (AvgIpc) is 3.04. The molecule has 0 radical (unpaired) electrons. The van der Waals surface area contributed by atoms with E-state index in [-0.39, 0.29) is 23.5 Å². The maximum atomic E-state index is 12.0. The van der Waals surface area contributed by atoms with E-state index in [1.165, 1.54) is 0 Å². The van der Waals surface area contributed by atoms with Gasteiger partial charge in [0.15, 0.2) is 5.79 Å². The minimum absolute atomic E-state index is 0.175. The Morgan fingerprint density at radius 2 is 1.71 bits per heavy atom. The first-order valence-electron chi connectivity index (χ1n) is 8.62. The van der Waals surface area contributed by atoms with Gasteiger partial charge >= 0.3 is 0 Å². The van der Waals surface area contributed by atoms with Crippen molar-refractivity contribution in [1.82, 2.24) is 5.32 Å². The molecule has 3 fully saturated rings. The molecule has 128 valence electrons. The number of nitrogens with zero attached hydrogens (tertiary/aromatic N) is 1. The van der Waals surface area contributed by atoms with E-state index in [0.717, 1.165) is 37.2 Å². The number of carbonyl (C=O) groups is 2. The van der Waals surface area contributed by atoms with Crippen LogP contribution in [0, 0.1) is 0 Å². The van der Waals surface area contributed by atoms with Gasteiger partial charge in [0.2, 0.25) is 11.8 Å². The van der Waals surface area contributed by atoms with Crippen molar-refractivity contribution < 1.29 is 19.1 Å². The molecule has 6 heteroatoms. The van der Waals surface area contributed by atoms with Crippen molar-refractivity contribution in [3.63, 3.8) is 0 Å². The molecule has 1 unspecified atom stereocenters. The molecule has 3 aliphatic heterocycles. The Balaban J connectivity index is 1.41. The molecular weight excluding hydrogens is 308 g/mol. The minimum Gasteiger partial charge on any atom is -0.371 e. The highest BCUT2D eigenvalue weighted by Gasteiger charge is 2.39. The van der Waals surface area contributed by atoms with Gasteiger partial charge in [-0.25, -0.2) is 0 Å². The standard InChI is InChI=1S/C18H22N2O4/c21-16-6-5-15(17(22)19-16)13-1-3-14(4-2-13)20-9-7-18(8-10-20)23-11-12-24-18/h1-4,15H,5-12H2,(H,19,21,22). The van der Waals surface area contributed by atoms with E-state index in [0.29, 0.717) is 26.1 Å². The van der Waals surface area contributed by atoms with E-state index in [2.05, 4.69) is 22.3 Å². The van der Waals surface area contributed by atoms with Crippen LogP contribution in [0.5, 0.6) is 0 Å². The van der Waals surface area contributed by atoms with Gasteiger partial charge in [0.25, 0.3) is 0 Å². The highest BCUT2D eigenvalue weighted by molar-refractivity contribution is 6.00. The first kappa shape index (κ1) is 15.6. The number of piperidine rings is 2. The molecule has 3 heterocycles. The number of hydrogen-bond donors (Lipinski definition) is 1. The molecule has 1 atom stereocenters. The molecule has 2 amide bonds. The highest BCUT2D eigenvalue weighted by atomic mass is 16.7. The van der Waals surface area contributed by atoms with Gasteiger partial charge in [-0.2, -0.15) is 0 Å². The fourth-order valence-electron chi connectivity index (χ4n) is 3.82. The summed E-state index contributed by atoms with van der Waals surface area (Å²) in [4.78, 5) is 25.5. The van der Waals surface area contributed by atoms with Crippen LogP contribution in [0.4, 0.5) is 5.69 Å². The molecule has 24 heavy (non-hydrogen) atoms. The maximum absolute atomic E-state index is 12.0. The fourth-order valence-corrected chi connectivity index (χ4v) is 3.82. The summed E-state index contributed by atoms with van der Waals surface area (Å²) < 4.78 is 11.5. The summed E-state index contributed by atoms with van der Waals surface area (Å²) >= 11 is 0. The minimum atomic E-state index is -0.358. The third-order valence-corrected chi connectivity index (χ3v) is 5.24. The summed E-state index contributed by atoms with van der Waals surface area (Å²) in [6.45, 7) is 3.19. The number of imide groups is 1. The third-order valence-electron chi connectivity index (χ3n) is 5.24. The lowest BCUT2D eigenvalue weighted by Gasteiger charge is -2.38. The number of ether oxygens (including phenoxy) is 2. The largest absolute Gasteiger partial charge is 0.371 e. The van der Waals surface area contributed by atoms with Gasteiger partial charge in [-0.1, -0.05) is 12.1 Å². The van der Waals surface area contributed by atoms with Crippen molar-refractivity contribution in [2.24, 2.45) is 0 Å². The number of anilines is 1. The van der Waals surface area contributed by atoms with Crippen LogP contribution >= 0.6 is 0 Å². The first-order chi connectivity index (χ1) is 11.7. The van der Waals surface area contributed by atoms with E-state index in [9.17, 15) is 9.59 Å². The predicted molar refractivity (Wildman–Crippen MR) is 87.6 cm³/mol. The molecule has 0 saturated carbocycles. The van der Waals surface area contributed by atoms with Gasteiger partial charge in [-0.3, -0.25) is 14.9 Å². The normalized spacial score (nSPS) is 26.7. The van der Waals surface area contributed by atoms with Gasteiger partial charge in [0.05, 0.1) is 19.1 Å². The number of rotatable bonds is 2. The summed E-state index contributed by atoms with van der Waals surface area (Å²) in [6, 6.07) is 8.13. The summed E-state index contributed by atoms with van der Waals surface area (Å²) in [5.74, 6) is -0.939. The van der Waals surface area contributed by atoms with Crippen LogP contribution in [0.2, 0.25) is 0 Å². The molecule has 0 aromatic heterocycles. The van der Waals surface area contributed by atoms with E-state index in [1.807, 2.05) is 12.1 Å². The Kier molecular flexibility index (Phi) is 4.02. The Morgan fingerprint density at radius 1 is 1.04 bits per heavy atom. The topological polar surface area (TPSA) is 67.9 Å². The van der Waals surface area contributed by atoms with Crippen molar-refractivity contribution in [3.8, 4) is 0 Å². The third kappa shape index (κ3) is 2.91. The monoisotopic (exact) mass is 330 g/mol. The molecule has 0 bridgehead atoms. The SMILES string of the molecule is O=C1CCC(c2ccc(N3CCC4(CC3)OCCO4)cc2)C(=O)N1.